The van der Waals surface area contributed by atoms with Crippen LogP contribution in [0.3, 0.4) is 0 Å². The summed E-state index contributed by atoms with van der Waals surface area (Å²) < 4.78 is 0. The number of halogens is 2. The maximum Gasteiger partial charge on any atom is 0.0593 e. The van der Waals surface area contributed by atoms with Gasteiger partial charge < -0.3 is 0 Å². The summed E-state index contributed by atoms with van der Waals surface area (Å²) in [6.45, 7) is 0.736. The molecule has 0 aliphatic heterocycles. The summed E-state index contributed by atoms with van der Waals surface area (Å²) >= 11 is 0. The van der Waals surface area contributed by atoms with Crippen molar-refractivity contribution in [1.82, 2.24) is 4.90 Å². The molecule has 0 saturated heterocycles. The summed E-state index contributed by atoms with van der Waals surface area (Å²) in [7, 11) is 3.89. The van der Waals surface area contributed by atoms with Crippen LogP contribution in [-0.4, -0.2) is 25.5 Å². The predicted molar refractivity (Wildman–Crippen MR) is 41.9 cm³/mol. The van der Waals surface area contributed by atoms with E-state index in [-0.39, 0.29) is 24.8 Å². The van der Waals surface area contributed by atoms with E-state index in [9.17, 15) is 0 Å². The van der Waals surface area contributed by atoms with Crippen LogP contribution in [0.4, 0.5) is 0 Å². The van der Waals surface area contributed by atoms with Gasteiger partial charge in [0.2, 0.25) is 0 Å². The molecule has 0 aliphatic carbocycles. The number of nitrogens with zero attached hydrogens (tertiary/aromatic N) is 1. The molecule has 0 spiro atoms. The third-order valence-electron chi connectivity index (χ3n) is 0.408. The third-order valence-corrected chi connectivity index (χ3v) is 0.408. The molecule has 50 valence electrons. The summed E-state index contributed by atoms with van der Waals surface area (Å²) in [5, 5.41) is 0. The van der Waals surface area contributed by atoms with Crippen LogP contribution >= 0.6 is 24.8 Å². The van der Waals surface area contributed by atoms with Crippen molar-refractivity contribution >= 4 is 24.8 Å². The zero-order chi connectivity index (χ0) is 4.99. The summed E-state index contributed by atoms with van der Waals surface area (Å²) in [4.78, 5) is 1.94. The normalized spacial score (nSPS) is 6.25. The van der Waals surface area contributed by atoms with Gasteiger partial charge in [-0.2, -0.15) is 0 Å². The zero-order valence-electron chi connectivity index (χ0n) is 5.05. The largest absolute Gasteiger partial charge is 0.299 e. The molecule has 0 bridgehead atoms. The first-order valence-corrected chi connectivity index (χ1v) is 1.85. The van der Waals surface area contributed by atoms with Crippen molar-refractivity contribution in [3.05, 3.63) is 0 Å². The summed E-state index contributed by atoms with van der Waals surface area (Å²) in [6.07, 6.45) is 4.94. The lowest BCUT2D eigenvalue weighted by atomic mass is 10.6. The third kappa shape index (κ3) is 16.5. The lowest BCUT2D eigenvalue weighted by molar-refractivity contribution is 0.464. The number of rotatable bonds is 1. The minimum atomic E-state index is 0. The van der Waals surface area contributed by atoms with E-state index in [4.69, 9.17) is 6.42 Å². The summed E-state index contributed by atoms with van der Waals surface area (Å²) in [6, 6.07) is 0. The molecular formula is C5H11Cl2N. The molecule has 0 radical (unpaired) electrons. The van der Waals surface area contributed by atoms with Crippen molar-refractivity contribution in [2.24, 2.45) is 0 Å². The van der Waals surface area contributed by atoms with Crippen LogP contribution < -0.4 is 0 Å². The Bertz CT molecular complexity index is 65.3. The molecular weight excluding hydrogens is 145 g/mol. The predicted octanol–water partition coefficient (Wildman–Crippen LogP) is 1.02. The van der Waals surface area contributed by atoms with Crippen LogP contribution in [0, 0.1) is 12.3 Å². The van der Waals surface area contributed by atoms with Gasteiger partial charge in [0.1, 0.15) is 0 Å². The van der Waals surface area contributed by atoms with Crippen LogP contribution in [0.25, 0.3) is 0 Å². The van der Waals surface area contributed by atoms with E-state index >= 15 is 0 Å². The lowest BCUT2D eigenvalue weighted by Gasteiger charge is -1.99. The first kappa shape index (κ1) is 15.7. The minimum Gasteiger partial charge on any atom is -0.299 e. The quantitative estimate of drug-likeness (QED) is 0.512. The number of hydrogen-bond donors (Lipinski definition) is 0. The van der Waals surface area contributed by atoms with Gasteiger partial charge in [0, 0.05) is 0 Å². The lowest BCUT2D eigenvalue weighted by Crippen LogP contribution is -2.10. The Kier molecular flexibility index (Phi) is 19.9. The Balaban J connectivity index is -0.000000125. The highest BCUT2D eigenvalue weighted by molar-refractivity contribution is 5.85. The van der Waals surface area contributed by atoms with E-state index in [1.165, 1.54) is 0 Å². The Morgan fingerprint density at radius 3 is 1.75 bits per heavy atom. The Hall–Kier alpha value is 0.100. The Labute approximate surface area is 63.3 Å². The molecule has 0 aromatic heterocycles. The molecule has 0 aromatic rings. The molecule has 0 N–H and O–H groups in total. The highest BCUT2D eigenvalue weighted by Gasteiger charge is 1.75. The van der Waals surface area contributed by atoms with Crippen LogP contribution in [0.15, 0.2) is 0 Å². The molecule has 0 amide bonds. The highest BCUT2D eigenvalue weighted by atomic mass is 35.5. The molecule has 0 atom stereocenters. The Morgan fingerprint density at radius 2 is 1.75 bits per heavy atom. The molecule has 8 heavy (non-hydrogen) atoms. The average molecular weight is 156 g/mol. The highest BCUT2D eigenvalue weighted by Crippen LogP contribution is 1.64. The SMILES string of the molecule is C#CCN(C)C.Cl.Cl. The van der Waals surface area contributed by atoms with Gasteiger partial charge in [0.25, 0.3) is 0 Å². The fourth-order valence-corrected chi connectivity index (χ4v) is 0.183. The van der Waals surface area contributed by atoms with E-state index in [0.29, 0.717) is 0 Å². The van der Waals surface area contributed by atoms with E-state index < -0.39 is 0 Å². The first-order valence-electron chi connectivity index (χ1n) is 1.85. The van der Waals surface area contributed by atoms with E-state index in [2.05, 4.69) is 5.92 Å². The average Bonchev–Trinajstić information content (AvgIpc) is 1.35. The standard InChI is InChI=1S/C5H9N.2ClH/c1-4-5-6(2)3;;/h1H,5H2,2-3H3;2*1H. The maximum atomic E-state index is 4.94. The van der Waals surface area contributed by atoms with Gasteiger partial charge in [0.05, 0.1) is 6.54 Å². The van der Waals surface area contributed by atoms with Gasteiger partial charge in [-0.05, 0) is 14.1 Å². The topological polar surface area (TPSA) is 3.24 Å². The smallest absolute Gasteiger partial charge is 0.0593 e. The number of terminal acetylenes is 1. The van der Waals surface area contributed by atoms with Gasteiger partial charge in [0.15, 0.2) is 0 Å². The van der Waals surface area contributed by atoms with Crippen LogP contribution in [0.1, 0.15) is 0 Å². The monoisotopic (exact) mass is 155 g/mol. The fourth-order valence-electron chi connectivity index (χ4n) is 0.183. The minimum absolute atomic E-state index is 0. The summed E-state index contributed by atoms with van der Waals surface area (Å²) in [5.41, 5.74) is 0. The van der Waals surface area contributed by atoms with Crippen molar-refractivity contribution < 1.29 is 0 Å². The van der Waals surface area contributed by atoms with Gasteiger partial charge in [-0.3, -0.25) is 4.90 Å². The van der Waals surface area contributed by atoms with Crippen molar-refractivity contribution in [2.75, 3.05) is 20.6 Å². The van der Waals surface area contributed by atoms with Gasteiger partial charge in [-0.15, -0.1) is 31.2 Å². The molecule has 0 fully saturated rings. The van der Waals surface area contributed by atoms with Crippen LogP contribution in [0.5, 0.6) is 0 Å². The van der Waals surface area contributed by atoms with Gasteiger partial charge in [-0.1, -0.05) is 5.92 Å². The molecule has 0 heterocycles. The second kappa shape index (κ2) is 10.2. The molecule has 0 aromatic carbocycles. The molecule has 3 heteroatoms. The van der Waals surface area contributed by atoms with Crippen molar-refractivity contribution in [3.8, 4) is 12.3 Å². The molecule has 0 saturated carbocycles. The molecule has 0 unspecified atom stereocenters. The maximum absolute atomic E-state index is 4.94. The Morgan fingerprint density at radius 1 is 1.38 bits per heavy atom. The molecule has 0 aliphatic rings. The second-order valence-electron chi connectivity index (χ2n) is 1.44. The first-order chi connectivity index (χ1) is 2.77. The molecule has 0 rings (SSSR count). The number of hydrogen-bond acceptors (Lipinski definition) is 1. The van der Waals surface area contributed by atoms with Gasteiger partial charge >= 0.3 is 0 Å². The summed E-state index contributed by atoms with van der Waals surface area (Å²) in [5.74, 6) is 2.49. The van der Waals surface area contributed by atoms with E-state index in [1.807, 2.05) is 19.0 Å². The second-order valence-corrected chi connectivity index (χ2v) is 1.44. The van der Waals surface area contributed by atoms with Crippen molar-refractivity contribution in [2.45, 2.75) is 0 Å². The van der Waals surface area contributed by atoms with Crippen molar-refractivity contribution in [3.63, 3.8) is 0 Å². The van der Waals surface area contributed by atoms with Crippen LogP contribution in [-0.2, 0) is 0 Å². The van der Waals surface area contributed by atoms with E-state index in [0.717, 1.165) is 6.54 Å². The van der Waals surface area contributed by atoms with E-state index in [1.54, 1.807) is 0 Å². The molecule has 1 nitrogen and oxygen atoms in total. The zero-order valence-corrected chi connectivity index (χ0v) is 6.68. The van der Waals surface area contributed by atoms with Gasteiger partial charge in [-0.25, -0.2) is 0 Å². The van der Waals surface area contributed by atoms with Crippen molar-refractivity contribution in [1.29, 1.82) is 0 Å². The van der Waals surface area contributed by atoms with Crippen LogP contribution in [0.2, 0.25) is 0 Å². The fraction of sp³-hybridized carbons (Fsp3) is 0.600.